The molecule has 0 saturated carbocycles. The SMILES string of the molecule is N/C=C/ONC(CNC(F)=C=O)CONC(CCC(=O)O)CONC(CO)C(=O)O. The van der Waals surface area contributed by atoms with Crippen molar-refractivity contribution in [2.45, 2.75) is 31.0 Å². The number of hydrogen-bond acceptors (Lipinski definition) is 12. The Bertz CT molecular complexity index is 589. The van der Waals surface area contributed by atoms with Crippen LogP contribution in [0.5, 0.6) is 0 Å². The maximum Gasteiger partial charge on any atom is 0.325 e. The lowest BCUT2D eigenvalue weighted by Gasteiger charge is -2.22. The van der Waals surface area contributed by atoms with Gasteiger partial charge in [0.1, 0.15) is 6.26 Å². The van der Waals surface area contributed by atoms with Crippen molar-refractivity contribution in [2.24, 2.45) is 5.73 Å². The average molecular weight is 439 g/mol. The van der Waals surface area contributed by atoms with E-state index in [1.165, 1.54) is 0 Å². The van der Waals surface area contributed by atoms with Crippen molar-refractivity contribution in [2.75, 3.05) is 26.4 Å². The van der Waals surface area contributed by atoms with Crippen LogP contribution < -0.4 is 27.5 Å². The van der Waals surface area contributed by atoms with Crippen LogP contribution in [0.4, 0.5) is 4.39 Å². The molecule has 3 atom stereocenters. The minimum atomic E-state index is -1.36. The van der Waals surface area contributed by atoms with Gasteiger partial charge in [-0.25, -0.2) is 4.79 Å². The second-order valence-electron chi connectivity index (χ2n) is 5.62. The summed E-state index contributed by atoms with van der Waals surface area (Å²) in [7, 11) is 0. The molecular formula is C15H26FN5O9. The highest BCUT2D eigenvalue weighted by atomic mass is 19.1. The summed E-state index contributed by atoms with van der Waals surface area (Å²) in [5, 5.41) is 28.6. The van der Waals surface area contributed by atoms with Crippen molar-refractivity contribution in [1.82, 2.24) is 21.8 Å². The molecule has 0 aliphatic rings. The van der Waals surface area contributed by atoms with E-state index >= 15 is 0 Å². The molecule has 172 valence electrons. The first kappa shape index (κ1) is 27.2. The molecule has 0 radical (unpaired) electrons. The van der Waals surface area contributed by atoms with E-state index in [0.29, 0.717) is 0 Å². The molecule has 0 aliphatic carbocycles. The fourth-order valence-corrected chi connectivity index (χ4v) is 1.71. The first-order valence-electron chi connectivity index (χ1n) is 8.56. The number of rotatable bonds is 19. The molecule has 14 nitrogen and oxygen atoms in total. The minimum Gasteiger partial charge on any atom is -0.481 e. The zero-order valence-corrected chi connectivity index (χ0v) is 15.9. The third-order valence-electron chi connectivity index (χ3n) is 3.21. The fourth-order valence-electron chi connectivity index (χ4n) is 1.71. The van der Waals surface area contributed by atoms with Crippen molar-refractivity contribution in [3.05, 3.63) is 18.4 Å². The summed E-state index contributed by atoms with van der Waals surface area (Å²) in [6.07, 6.45) is 2.00. The quantitative estimate of drug-likeness (QED) is 0.0444. The summed E-state index contributed by atoms with van der Waals surface area (Å²) >= 11 is 0. The van der Waals surface area contributed by atoms with E-state index in [1.54, 1.807) is 0 Å². The van der Waals surface area contributed by atoms with Gasteiger partial charge in [0, 0.05) is 19.2 Å². The molecule has 0 aromatic carbocycles. The van der Waals surface area contributed by atoms with E-state index in [4.69, 9.17) is 35.6 Å². The molecule has 0 aromatic rings. The van der Waals surface area contributed by atoms with E-state index in [0.717, 1.165) is 18.4 Å². The van der Waals surface area contributed by atoms with Crippen molar-refractivity contribution >= 4 is 17.9 Å². The number of aliphatic hydroxyl groups is 1. The number of carboxylic acid groups (broad SMARTS) is 2. The van der Waals surface area contributed by atoms with Gasteiger partial charge in [0.25, 0.3) is 5.95 Å². The number of aliphatic hydroxyl groups excluding tert-OH is 1. The summed E-state index contributed by atoms with van der Waals surface area (Å²) in [4.78, 5) is 46.8. The molecule has 0 amide bonds. The van der Waals surface area contributed by atoms with Crippen LogP contribution in [0, 0.1) is 0 Å². The van der Waals surface area contributed by atoms with Crippen molar-refractivity contribution < 1.29 is 48.6 Å². The molecule has 0 spiro atoms. The molecule has 3 unspecified atom stereocenters. The van der Waals surface area contributed by atoms with Crippen LogP contribution >= 0.6 is 0 Å². The van der Waals surface area contributed by atoms with Gasteiger partial charge in [0.2, 0.25) is 0 Å². The lowest BCUT2D eigenvalue weighted by Crippen LogP contribution is -2.45. The summed E-state index contributed by atoms with van der Waals surface area (Å²) in [5.74, 6) is -2.61. The van der Waals surface area contributed by atoms with Crippen molar-refractivity contribution in [1.29, 1.82) is 0 Å². The van der Waals surface area contributed by atoms with Gasteiger partial charge in [0.05, 0.1) is 31.9 Å². The fraction of sp³-hybridized carbons (Fsp3) is 0.600. The highest BCUT2D eigenvalue weighted by Crippen LogP contribution is 2.00. The Kier molecular flexibility index (Phi) is 15.5. The largest absolute Gasteiger partial charge is 0.481 e. The average Bonchev–Trinajstić information content (AvgIpc) is 2.71. The Morgan fingerprint density at radius 1 is 1.13 bits per heavy atom. The predicted octanol–water partition coefficient (Wildman–Crippen LogP) is -2.74. The maximum absolute atomic E-state index is 12.9. The number of hydroxylamine groups is 3. The van der Waals surface area contributed by atoms with Gasteiger partial charge in [-0.3, -0.25) is 19.3 Å². The van der Waals surface area contributed by atoms with Crippen LogP contribution in [0.2, 0.25) is 0 Å². The number of carbonyl (C=O) groups is 2. The van der Waals surface area contributed by atoms with Crippen molar-refractivity contribution in [3.63, 3.8) is 0 Å². The molecule has 0 rings (SSSR count). The molecular weight excluding hydrogens is 413 g/mol. The van der Waals surface area contributed by atoms with E-state index in [-0.39, 0.29) is 32.6 Å². The molecule has 15 heteroatoms. The normalized spacial score (nSPS) is 13.9. The number of hydrogen-bond donors (Lipinski definition) is 8. The van der Waals surface area contributed by atoms with Crippen LogP contribution in [-0.2, 0) is 28.9 Å². The van der Waals surface area contributed by atoms with Gasteiger partial charge in [-0.05, 0) is 6.42 Å². The lowest BCUT2D eigenvalue weighted by molar-refractivity contribution is -0.146. The zero-order chi connectivity index (χ0) is 22.8. The highest BCUT2D eigenvalue weighted by Gasteiger charge is 2.18. The van der Waals surface area contributed by atoms with Crippen LogP contribution in [-0.4, -0.2) is 77.7 Å². The van der Waals surface area contributed by atoms with E-state index in [9.17, 15) is 18.8 Å². The second kappa shape index (κ2) is 17.1. The first-order valence-corrected chi connectivity index (χ1v) is 8.56. The van der Waals surface area contributed by atoms with Crippen LogP contribution in [0.15, 0.2) is 18.4 Å². The van der Waals surface area contributed by atoms with Crippen LogP contribution in [0.25, 0.3) is 0 Å². The zero-order valence-electron chi connectivity index (χ0n) is 15.9. The number of carboxylic acids is 2. The Hall–Kier alpha value is -2.78. The molecule has 0 aliphatic heterocycles. The number of halogens is 1. The third-order valence-corrected chi connectivity index (χ3v) is 3.21. The second-order valence-corrected chi connectivity index (χ2v) is 5.62. The van der Waals surface area contributed by atoms with Crippen molar-refractivity contribution in [3.8, 4) is 0 Å². The Morgan fingerprint density at radius 2 is 1.80 bits per heavy atom. The summed E-state index contributed by atoms with van der Waals surface area (Å²) in [5.41, 5.74) is 12.2. The lowest BCUT2D eigenvalue weighted by atomic mass is 10.2. The number of nitrogens with two attached hydrogens (primary N) is 1. The third kappa shape index (κ3) is 14.3. The van der Waals surface area contributed by atoms with E-state index < -0.39 is 42.6 Å². The molecule has 30 heavy (non-hydrogen) atoms. The smallest absolute Gasteiger partial charge is 0.325 e. The summed E-state index contributed by atoms with van der Waals surface area (Å²) in [6.45, 7) is -1.22. The van der Waals surface area contributed by atoms with Gasteiger partial charge in [-0.2, -0.15) is 20.8 Å². The molecule has 0 bridgehead atoms. The standard InChI is InChI=1S/C15H26FN5O9/c16-13(7-23)18-5-11(20-28-4-3-17)9-29-19-10(1-2-14(24)25)8-30-21-12(6-22)15(26)27/h3-4,10-12,18-22H,1-2,5-6,8-9,17H2,(H,24,25)(H,26,27)/b4-3+. The summed E-state index contributed by atoms with van der Waals surface area (Å²) < 4.78 is 12.9. The Labute approximate surface area is 170 Å². The molecule has 0 heterocycles. The molecule has 0 aromatic heterocycles. The number of carbonyl (C=O) groups excluding carboxylic acids is 1. The molecule has 0 saturated heterocycles. The molecule has 0 fully saturated rings. The van der Waals surface area contributed by atoms with Gasteiger partial charge in [-0.1, -0.05) is 0 Å². The Morgan fingerprint density at radius 3 is 2.37 bits per heavy atom. The van der Waals surface area contributed by atoms with Crippen LogP contribution in [0.3, 0.4) is 0 Å². The van der Waals surface area contributed by atoms with Gasteiger partial charge in [0.15, 0.2) is 12.0 Å². The predicted molar refractivity (Wildman–Crippen MR) is 97.0 cm³/mol. The monoisotopic (exact) mass is 439 g/mol. The molecule has 9 N–H and O–H groups in total. The van der Waals surface area contributed by atoms with Gasteiger partial charge < -0.3 is 31.2 Å². The first-order chi connectivity index (χ1) is 14.3. The topological polar surface area (TPSA) is 214 Å². The van der Waals surface area contributed by atoms with Crippen LogP contribution in [0.1, 0.15) is 12.8 Å². The number of aliphatic carboxylic acids is 2. The maximum atomic E-state index is 12.9. The van der Waals surface area contributed by atoms with E-state index in [1.807, 2.05) is 0 Å². The Balaban J connectivity index is 4.62. The highest BCUT2D eigenvalue weighted by molar-refractivity contribution is 5.73. The van der Waals surface area contributed by atoms with E-state index in [2.05, 4.69) is 21.8 Å². The minimum absolute atomic E-state index is 0.0547. The summed E-state index contributed by atoms with van der Waals surface area (Å²) in [6, 6.07) is -2.75. The van der Waals surface area contributed by atoms with Gasteiger partial charge in [-0.15, -0.1) is 0 Å². The number of nitrogens with one attached hydrogen (secondary N) is 4. The van der Waals surface area contributed by atoms with Gasteiger partial charge >= 0.3 is 11.9 Å².